The van der Waals surface area contributed by atoms with E-state index >= 15 is 0 Å². The molecule has 1 heterocycles. The van der Waals surface area contributed by atoms with E-state index in [2.05, 4.69) is 4.72 Å². The molecule has 0 radical (unpaired) electrons. The summed E-state index contributed by atoms with van der Waals surface area (Å²) >= 11 is 0. The van der Waals surface area contributed by atoms with Crippen molar-refractivity contribution in [3.05, 3.63) is 18.0 Å². The molecule has 0 amide bonds. The van der Waals surface area contributed by atoms with Crippen LogP contribution in [0.4, 0.5) is 0 Å². The van der Waals surface area contributed by atoms with E-state index in [4.69, 9.17) is 10.4 Å². The minimum atomic E-state index is -3.82. The molecule has 0 aromatic carbocycles. The topological polar surface area (TPSA) is 112 Å². The summed E-state index contributed by atoms with van der Waals surface area (Å²) < 4.78 is 28.5. The number of nitrogens with one attached hydrogen (secondary N) is 1. The molecule has 1 aliphatic rings. The lowest BCUT2D eigenvalue weighted by atomic mass is 10.2. The Kier molecular flexibility index (Phi) is 4.34. The van der Waals surface area contributed by atoms with Crippen LogP contribution in [0.15, 0.2) is 17.2 Å². The minimum Gasteiger partial charge on any atom is -0.477 e. The van der Waals surface area contributed by atoms with Gasteiger partial charge in [-0.1, -0.05) is 6.92 Å². The number of hydrogen-bond donors (Lipinski definition) is 2. The van der Waals surface area contributed by atoms with Gasteiger partial charge < -0.3 is 9.67 Å². The van der Waals surface area contributed by atoms with Gasteiger partial charge in [-0.2, -0.15) is 5.26 Å². The monoisotopic (exact) mass is 311 g/mol. The zero-order chi connectivity index (χ0) is 15.6. The maximum atomic E-state index is 12.3. The lowest BCUT2D eigenvalue weighted by molar-refractivity contribution is 0.0685. The predicted octanol–water partition coefficient (Wildman–Crippen LogP) is 1.49. The fraction of sp³-hybridized carbons (Fsp3) is 0.538. The molecule has 1 aromatic heterocycles. The third-order valence-corrected chi connectivity index (χ3v) is 4.93. The molecule has 0 spiro atoms. The maximum absolute atomic E-state index is 12.3. The number of hydrogen-bond acceptors (Lipinski definition) is 4. The van der Waals surface area contributed by atoms with Gasteiger partial charge in [-0.3, -0.25) is 0 Å². The summed E-state index contributed by atoms with van der Waals surface area (Å²) in [5.41, 5.74) is -0.0220. The van der Waals surface area contributed by atoms with E-state index in [0.29, 0.717) is 6.42 Å². The molecule has 0 aliphatic heterocycles. The Morgan fingerprint density at radius 2 is 2.29 bits per heavy atom. The van der Waals surface area contributed by atoms with Gasteiger partial charge in [-0.05, 0) is 25.3 Å². The van der Waals surface area contributed by atoms with Crippen LogP contribution >= 0.6 is 0 Å². The van der Waals surface area contributed by atoms with Gasteiger partial charge in [0.15, 0.2) is 0 Å². The normalized spacial score (nSPS) is 16.4. The van der Waals surface area contributed by atoms with Crippen molar-refractivity contribution in [3.8, 4) is 6.07 Å². The van der Waals surface area contributed by atoms with E-state index in [1.54, 1.807) is 6.92 Å². The Balaban J connectivity index is 2.30. The first-order chi connectivity index (χ1) is 9.89. The fourth-order valence-electron chi connectivity index (χ4n) is 2.09. The van der Waals surface area contributed by atoms with Gasteiger partial charge in [0, 0.05) is 18.3 Å². The fourth-order valence-corrected chi connectivity index (χ4v) is 3.44. The number of rotatable bonds is 7. The highest BCUT2D eigenvalue weighted by molar-refractivity contribution is 7.89. The van der Waals surface area contributed by atoms with Crippen molar-refractivity contribution in [2.75, 3.05) is 0 Å². The van der Waals surface area contributed by atoms with Crippen LogP contribution in [0, 0.1) is 11.3 Å². The highest BCUT2D eigenvalue weighted by Gasteiger charge is 2.31. The van der Waals surface area contributed by atoms with Gasteiger partial charge in [0.05, 0.1) is 12.5 Å². The standard InChI is InChI=1S/C13H17N3O4S/c1-2-9(5-6-14)15-21(19,20)11-7-12(13(17)18)16(8-11)10-3-4-10/h7-10,15H,2-5H2,1H3,(H,17,18). The lowest BCUT2D eigenvalue weighted by Crippen LogP contribution is -2.33. The summed E-state index contributed by atoms with van der Waals surface area (Å²) in [6.07, 6.45) is 3.64. The van der Waals surface area contributed by atoms with Crippen molar-refractivity contribution in [1.29, 1.82) is 5.26 Å². The average molecular weight is 311 g/mol. The van der Waals surface area contributed by atoms with E-state index in [0.717, 1.165) is 12.8 Å². The van der Waals surface area contributed by atoms with Crippen LogP contribution in [0.5, 0.6) is 0 Å². The summed E-state index contributed by atoms with van der Waals surface area (Å²) in [5, 5.41) is 17.8. The van der Waals surface area contributed by atoms with Crippen LogP contribution < -0.4 is 4.72 Å². The van der Waals surface area contributed by atoms with Crippen LogP contribution in [0.1, 0.15) is 49.1 Å². The van der Waals surface area contributed by atoms with Crippen molar-refractivity contribution in [3.63, 3.8) is 0 Å². The van der Waals surface area contributed by atoms with Crippen molar-refractivity contribution in [2.45, 2.75) is 49.6 Å². The zero-order valence-electron chi connectivity index (χ0n) is 11.6. The second-order valence-corrected chi connectivity index (χ2v) is 6.81. The van der Waals surface area contributed by atoms with Crippen molar-refractivity contribution < 1.29 is 18.3 Å². The summed E-state index contributed by atoms with van der Waals surface area (Å²) in [6, 6.07) is 2.69. The predicted molar refractivity (Wildman–Crippen MR) is 74.3 cm³/mol. The lowest BCUT2D eigenvalue weighted by Gasteiger charge is -2.12. The minimum absolute atomic E-state index is 0.0220. The number of aromatic nitrogens is 1. The first-order valence-corrected chi connectivity index (χ1v) is 8.21. The molecule has 1 aliphatic carbocycles. The number of carbonyl (C=O) groups is 1. The average Bonchev–Trinajstić information content (AvgIpc) is 3.15. The molecule has 2 rings (SSSR count). The van der Waals surface area contributed by atoms with Crippen molar-refractivity contribution in [1.82, 2.24) is 9.29 Å². The first kappa shape index (κ1) is 15.5. The van der Waals surface area contributed by atoms with Crippen LogP contribution in [-0.4, -0.2) is 30.1 Å². The molecule has 8 heteroatoms. The summed E-state index contributed by atoms with van der Waals surface area (Å²) in [7, 11) is -3.82. The maximum Gasteiger partial charge on any atom is 0.352 e. The second-order valence-electron chi connectivity index (χ2n) is 5.09. The van der Waals surface area contributed by atoms with Crippen molar-refractivity contribution in [2.24, 2.45) is 0 Å². The highest BCUT2D eigenvalue weighted by atomic mass is 32.2. The van der Waals surface area contributed by atoms with E-state index in [9.17, 15) is 13.2 Å². The molecule has 21 heavy (non-hydrogen) atoms. The van der Waals surface area contributed by atoms with E-state index < -0.39 is 22.0 Å². The molecule has 1 unspecified atom stereocenters. The van der Waals surface area contributed by atoms with Gasteiger partial charge in [-0.25, -0.2) is 17.9 Å². The Hall–Kier alpha value is -1.85. The molecule has 2 N–H and O–H groups in total. The number of nitrogens with zero attached hydrogens (tertiary/aromatic N) is 2. The summed E-state index contributed by atoms with van der Waals surface area (Å²) in [4.78, 5) is 11.1. The van der Waals surface area contributed by atoms with E-state index in [1.807, 2.05) is 6.07 Å². The first-order valence-electron chi connectivity index (χ1n) is 6.73. The van der Waals surface area contributed by atoms with Crippen LogP contribution in [0.25, 0.3) is 0 Å². The van der Waals surface area contributed by atoms with Crippen LogP contribution in [0.2, 0.25) is 0 Å². The third-order valence-electron chi connectivity index (χ3n) is 3.45. The van der Waals surface area contributed by atoms with Gasteiger partial charge in [0.2, 0.25) is 10.0 Å². The van der Waals surface area contributed by atoms with Gasteiger partial charge in [0.1, 0.15) is 10.6 Å². The second kappa shape index (κ2) is 5.87. The van der Waals surface area contributed by atoms with Crippen LogP contribution in [-0.2, 0) is 10.0 Å². The molecular formula is C13H17N3O4S. The van der Waals surface area contributed by atoms with E-state index in [-0.39, 0.29) is 23.1 Å². The third kappa shape index (κ3) is 3.43. The largest absolute Gasteiger partial charge is 0.477 e. The Morgan fingerprint density at radius 3 is 2.76 bits per heavy atom. The molecule has 1 aromatic rings. The van der Waals surface area contributed by atoms with E-state index in [1.165, 1.54) is 16.8 Å². The molecular weight excluding hydrogens is 294 g/mol. The quantitative estimate of drug-likeness (QED) is 0.792. The van der Waals surface area contributed by atoms with Gasteiger partial charge in [-0.15, -0.1) is 0 Å². The van der Waals surface area contributed by atoms with Crippen molar-refractivity contribution >= 4 is 16.0 Å². The molecule has 7 nitrogen and oxygen atoms in total. The Bertz CT molecular complexity index is 683. The smallest absolute Gasteiger partial charge is 0.352 e. The molecule has 1 saturated carbocycles. The number of nitriles is 1. The number of carboxylic acids is 1. The molecule has 1 fully saturated rings. The molecule has 114 valence electrons. The Labute approximate surface area is 123 Å². The van der Waals surface area contributed by atoms with Gasteiger partial charge in [0.25, 0.3) is 0 Å². The SMILES string of the molecule is CCC(CC#N)NS(=O)(=O)c1cc(C(=O)O)n(C2CC2)c1. The highest BCUT2D eigenvalue weighted by Crippen LogP contribution is 2.37. The van der Waals surface area contributed by atoms with Crippen LogP contribution in [0.3, 0.4) is 0 Å². The number of sulfonamides is 1. The number of aromatic carboxylic acids is 1. The van der Waals surface area contributed by atoms with Gasteiger partial charge >= 0.3 is 5.97 Å². The zero-order valence-corrected chi connectivity index (χ0v) is 12.4. The Morgan fingerprint density at radius 1 is 1.62 bits per heavy atom. The summed E-state index contributed by atoms with van der Waals surface area (Å²) in [6.45, 7) is 1.78. The molecule has 1 atom stereocenters. The number of carboxylic acid groups (broad SMARTS) is 1. The summed E-state index contributed by atoms with van der Waals surface area (Å²) in [5.74, 6) is -1.15. The molecule has 0 bridgehead atoms. The molecule has 0 saturated heterocycles.